The first kappa shape index (κ1) is 18.7. The van der Waals surface area contributed by atoms with Crippen molar-refractivity contribution in [3.8, 4) is 11.4 Å². The van der Waals surface area contributed by atoms with Crippen molar-refractivity contribution in [3.05, 3.63) is 47.9 Å². The topological polar surface area (TPSA) is 68.5 Å². The van der Waals surface area contributed by atoms with E-state index < -0.39 is 0 Å². The number of rotatable bonds is 2. The van der Waals surface area contributed by atoms with Crippen molar-refractivity contribution >= 4 is 34.3 Å². The van der Waals surface area contributed by atoms with Gasteiger partial charge in [0.25, 0.3) is 0 Å². The van der Waals surface area contributed by atoms with Gasteiger partial charge in [-0.3, -0.25) is 4.68 Å². The minimum absolute atomic E-state index is 0. The minimum atomic E-state index is -0.381. The van der Waals surface area contributed by atoms with Gasteiger partial charge in [-0.05, 0) is 61.7 Å². The molecule has 1 fully saturated rings. The van der Waals surface area contributed by atoms with Gasteiger partial charge in [0.1, 0.15) is 11.0 Å². The summed E-state index contributed by atoms with van der Waals surface area (Å²) in [6.07, 6.45) is 4.05. The van der Waals surface area contributed by atoms with Crippen LogP contribution in [0.3, 0.4) is 0 Å². The van der Waals surface area contributed by atoms with E-state index in [2.05, 4.69) is 37.7 Å². The third kappa shape index (κ3) is 3.31. The highest BCUT2D eigenvalue weighted by atomic mass is 35.5. The number of nitrogens with zero attached hydrogens (tertiary/aromatic N) is 5. The van der Waals surface area contributed by atoms with Gasteiger partial charge in [0.05, 0.1) is 5.52 Å². The molecule has 3 heterocycles. The average molecular weight is 399 g/mol. The molecule has 0 amide bonds. The first-order valence-electron chi connectivity index (χ1n) is 9.16. The van der Waals surface area contributed by atoms with Crippen molar-refractivity contribution in [3.63, 3.8) is 0 Å². The van der Waals surface area contributed by atoms with Crippen LogP contribution in [0.1, 0.15) is 24.3 Å². The summed E-state index contributed by atoms with van der Waals surface area (Å²) in [5.41, 5.74) is 3.78. The maximum absolute atomic E-state index is 14.4. The van der Waals surface area contributed by atoms with Crippen molar-refractivity contribution < 1.29 is 4.39 Å². The van der Waals surface area contributed by atoms with Crippen LogP contribution in [-0.2, 0) is 7.05 Å². The Balaban J connectivity index is 0.00000192. The van der Waals surface area contributed by atoms with Crippen molar-refractivity contribution in [1.29, 1.82) is 0 Å². The second kappa shape index (κ2) is 7.41. The van der Waals surface area contributed by atoms with Crippen molar-refractivity contribution in [2.45, 2.75) is 18.8 Å². The van der Waals surface area contributed by atoms with E-state index in [1.165, 1.54) is 11.6 Å². The number of nitrogens with one attached hydrogen (secondary N) is 1. The lowest BCUT2D eigenvalue weighted by molar-refractivity contribution is 0.460. The summed E-state index contributed by atoms with van der Waals surface area (Å²) >= 11 is 0. The van der Waals surface area contributed by atoms with Crippen molar-refractivity contribution in [1.82, 2.24) is 30.3 Å². The van der Waals surface area contributed by atoms with Crippen LogP contribution in [0.5, 0.6) is 0 Å². The molecule has 0 atom stereocenters. The van der Waals surface area contributed by atoms with Crippen LogP contribution in [0.15, 0.2) is 36.5 Å². The number of hydrogen-bond donors (Lipinski definition) is 1. The molecule has 0 saturated carbocycles. The van der Waals surface area contributed by atoms with Crippen LogP contribution in [0, 0.1) is 5.82 Å². The molecule has 0 bridgehead atoms. The third-order valence-electron chi connectivity index (χ3n) is 5.22. The lowest BCUT2D eigenvalue weighted by atomic mass is 9.90. The molecule has 1 saturated heterocycles. The van der Waals surface area contributed by atoms with Crippen LogP contribution in [0.25, 0.3) is 33.3 Å². The van der Waals surface area contributed by atoms with Gasteiger partial charge in [-0.25, -0.2) is 9.37 Å². The summed E-state index contributed by atoms with van der Waals surface area (Å²) in [6, 6.07) is 9.46. The highest BCUT2D eigenvalue weighted by molar-refractivity contribution is 5.85. The highest BCUT2D eigenvalue weighted by Crippen LogP contribution is 2.28. The molecule has 4 aromatic rings. The van der Waals surface area contributed by atoms with Gasteiger partial charge in [-0.1, -0.05) is 6.07 Å². The van der Waals surface area contributed by atoms with Gasteiger partial charge in [-0.2, -0.15) is 5.10 Å². The second-order valence-corrected chi connectivity index (χ2v) is 7.11. The zero-order valence-corrected chi connectivity index (χ0v) is 16.2. The van der Waals surface area contributed by atoms with Gasteiger partial charge in [-0.15, -0.1) is 22.6 Å². The van der Waals surface area contributed by atoms with Gasteiger partial charge in [0.2, 0.25) is 0 Å². The number of halogens is 2. The number of fused-ring (bicyclic) bond motifs is 2. The lowest BCUT2D eigenvalue weighted by Gasteiger charge is -2.23. The fourth-order valence-corrected chi connectivity index (χ4v) is 3.83. The van der Waals surface area contributed by atoms with E-state index in [9.17, 15) is 4.39 Å². The number of aryl methyl sites for hydroxylation is 1. The Kier molecular flexibility index (Phi) is 4.95. The molecule has 0 aliphatic carbocycles. The van der Waals surface area contributed by atoms with Crippen LogP contribution in [-0.4, -0.2) is 38.1 Å². The van der Waals surface area contributed by atoms with Crippen LogP contribution >= 0.6 is 12.4 Å². The molecular formula is C20H20ClFN6. The maximum Gasteiger partial charge on any atom is 0.182 e. The number of aromatic nitrogens is 5. The normalized spacial score (nSPS) is 15.1. The fourth-order valence-electron chi connectivity index (χ4n) is 3.83. The average Bonchev–Trinajstić information content (AvgIpc) is 3.09. The molecule has 1 aliphatic rings. The first-order chi connectivity index (χ1) is 13.2. The van der Waals surface area contributed by atoms with E-state index >= 15 is 0 Å². The van der Waals surface area contributed by atoms with Crippen LogP contribution < -0.4 is 5.32 Å². The molecule has 2 aromatic carbocycles. The molecule has 0 radical (unpaired) electrons. The molecule has 2 aromatic heterocycles. The third-order valence-corrected chi connectivity index (χ3v) is 5.22. The summed E-state index contributed by atoms with van der Waals surface area (Å²) < 4.78 is 16.0. The molecule has 1 aliphatic heterocycles. The molecule has 5 rings (SSSR count). The molecule has 28 heavy (non-hydrogen) atoms. The SMILES string of the molecule is Cl.Cn1cc2cc(-c3nnc4cc(C5CCNCC5)ccc4n3)cc(F)c2n1. The first-order valence-corrected chi connectivity index (χ1v) is 9.16. The van der Waals surface area contributed by atoms with E-state index in [1.54, 1.807) is 17.9 Å². The van der Waals surface area contributed by atoms with E-state index in [0.29, 0.717) is 22.8 Å². The Morgan fingerprint density at radius 2 is 1.89 bits per heavy atom. The second-order valence-electron chi connectivity index (χ2n) is 7.11. The molecule has 0 unspecified atom stereocenters. The molecule has 0 spiro atoms. The van der Waals surface area contributed by atoms with E-state index in [1.807, 2.05) is 12.1 Å². The highest BCUT2D eigenvalue weighted by Gasteiger charge is 2.16. The summed E-state index contributed by atoms with van der Waals surface area (Å²) in [5.74, 6) is 0.592. The van der Waals surface area contributed by atoms with E-state index in [-0.39, 0.29) is 18.2 Å². The van der Waals surface area contributed by atoms with Crippen molar-refractivity contribution in [2.75, 3.05) is 13.1 Å². The standard InChI is InChI=1S/C20H19FN6.ClH/c1-27-11-15-8-14(9-16(21)19(15)26-27)20-23-17-3-2-13(10-18(17)24-25-20)12-4-6-22-7-5-12;/h2-3,8-12,22H,4-7H2,1H3;1H. The molecule has 8 heteroatoms. The molecule has 1 N–H and O–H groups in total. The van der Waals surface area contributed by atoms with Gasteiger partial charge >= 0.3 is 0 Å². The van der Waals surface area contributed by atoms with E-state index in [4.69, 9.17) is 0 Å². The van der Waals surface area contributed by atoms with Crippen LogP contribution in [0.4, 0.5) is 4.39 Å². The zero-order valence-electron chi connectivity index (χ0n) is 15.4. The summed E-state index contributed by atoms with van der Waals surface area (Å²) in [7, 11) is 1.77. The Bertz CT molecular complexity index is 1150. The Labute approximate surface area is 167 Å². The molecule has 144 valence electrons. The monoisotopic (exact) mass is 398 g/mol. The Morgan fingerprint density at radius 1 is 1.07 bits per heavy atom. The number of benzene rings is 2. The zero-order chi connectivity index (χ0) is 18.4. The Hall–Kier alpha value is -2.64. The smallest absolute Gasteiger partial charge is 0.182 e. The predicted molar refractivity (Wildman–Crippen MR) is 109 cm³/mol. The van der Waals surface area contributed by atoms with E-state index in [0.717, 1.165) is 42.4 Å². The fraction of sp³-hybridized carbons (Fsp3) is 0.300. The summed E-state index contributed by atoms with van der Waals surface area (Å²) in [5, 5.41) is 16.8. The molecular weight excluding hydrogens is 379 g/mol. The minimum Gasteiger partial charge on any atom is -0.317 e. The summed E-state index contributed by atoms with van der Waals surface area (Å²) in [4.78, 5) is 4.61. The predicted octanol–water partition coefficient (Wildman–Crippen LogP) is 3.61. The van der Waals surface area contributed by atoms with Gasteiger partial charge in [0, 0.05) is 24.2 Å². The maximum atomic E-state index is 14.4. The lowest BCUT2D eigenvalue weighted by Crippen LogP contribution is -2.26. The van der Waals surface area contributed by atoms with Gasteiger partial charge in [0.15, 0.2) is 11.6 Å². The number of piperidine rings is 1. The Morgan fingerprint density at radius 3 is 2.71 bits per heavy atom. The van der Waals surface area contributed by atoms with Crippen LogP contribution in [0.2, 0.25) is 0 Å². The summed E-state index contributed by atoms with van der Waals surface area (Å²) in [6.45, 7) is 2.10. The van der Waals surface area contributed by atoms with Gasteiger partial charge < -0.3 is 5.32 Å². The largest absolute Gasteiger partial charge is 0.317 e. The van der Waals surface area contributed by atoms with Crippen molar-refractivity contribution in [2.24, 2.45) is 7.05 Å². The molecule has 6 nitrogen and oxygen atoms in total. The number of hydrogen-bond acceptors (Lipinski definition) is 5. The quantitative estimate of drug-likeness (QED) is 0.558.